The van der Waals surface area contributed by atoms with Crippen LogP contribution in [0.15, 0.2) is 52.3 Å². The number of nitrogens with zero attached hydrogens (tertiary/aromatic N) is 2. The Morgan fingerprint density at radius 1 is 0.828 bits per heavy atom. The Balaban J connectivity index is 1.70. The summed E-state index contributed by atoms with van der Waals surface area (Å²) in [5.41, 5.74) is 2.31. The van der Waals surface area contributed by atoms with Crippen LogP contribution in [-0.2, 0) is 26.5 Å². The van der Waals surface area contributed by atoms with Crippen molar-refractivity contribution in [2.75, 3.05) is 17.4 Å². The summed E-state index contributed by atoms with van der Waals surface area (Å²) in [6.07, 6.45) is 3.30. The van der Waals surface area contributed by atoms with Crippen LogP contribution in [0.3, 0.4) is 0 Å². The van der Waals surface area contributed by atoms with Gasteiger partial charge >= 0.3 is 0 Å². The first-order chi connectivity index (χ1) is 13.7. The number of rotatable bonds is 4. The van der Waals surface area contributed by atoms with Gasteiger partial charge in [-0.1, -0.05) is 24.1 Å². The number of hydrogen-bond acceptors (Lipinski definition) is 4. The predicted molar refractivity (Wildman–Crippen MR) is 113 cm³/mol. The van der Waals surface area contributed by atoms with E-state index < -0.39 is 20.0 Å². The van der Waals surface area contributed by atoms with Crippen LogP contribution in [0.5, 0.6) is 0 Å². The highest BCUT2D eigenvalue weighted by Crippen LogP contribution is 2.38. The third kappa shape index (κ3) is 3.58. The van der Waals surface area contributed by atoms with Gasteiger partial charge in [-0.3, -0.25) is 4.31 Å². The van der Waals surface area contributed by atoms with Gasteiger partial charge in [-0.25, -0.2) is 16.8 Å². The fourth-order valence-corrected chi connectivity index (χ4v) is 7.44. The summed E-state index contributed by atoms with van der Waals surface area (Å²) < 4.78 is 55.4. The molecule has 1 atom stereocenters. The first-order valence-electron chi connectivity index (χ1n) is 9.95. The number of aryl methyl sites for hydroxylation is 1. The van der Waals surface area contributed by atoms with Crippen molar-refractivity contribution in [3.8, 4) is 0 Å². The van der Waals surface area contributed by atoms with E-state index >= 15 is 0 Å². The van der Waals surface area contributed by atoms with E-state index in [1.807, 2.05) is 13.8 Å². The van der Waals surface area contributed by atoms with Crippen LogP contribution in [0.1, 0.15) is 37.3 Å². The Hall–Kier alpha value is -1.90. The lowest BCUT2D eigenvalue weighted by Gasteiger charge is -2.26. The highest BCUT2D eigenvalue weighted by atomic mass is 32.2. The fraction of sp³-hybridized carbons (Fsp3) is 0.429. The molecule has 0 spiro atoms. The molecule has 156 valence electrons. The normalized spacial score (nSPS) is 20.6. The zero-order valence-electron chi connectivity index (χ0n) is 16.7. The first kappa shape index (κ1) is 20.4. The van der Waals surface area contributed by atoms with Crippen LogP contribution in [0.4, 0.5) is 5.69 Å². The van der Waals surface area contributed by atoms with Gasteiger partial charge in [-0.05, 0) is 69.0 Å². The minimum atomic E-state index is -3.71. The van der Waals surface area contributed by atoms with Crippen LogP contribution in [0.25, 0.3) is 0 Å². The average molecular weight is 435 g/mol. The molecule has 2 aromatic carbocycles. The van der Waals surface area contributed by atoms with E-state index in [9.17, 15) is 16.8 Å². The van der Waals surface area contributed by atoms with Crippen LogP contribution >= 0.6 is 0 Å². The molecule has 0 amide bonds. The predicted octanol–water partition coefficient (Wildman–Crippen LogP) is 3.31. The number of hydrogen-bond donors (Lipinski definition) is 0. The molecule has 0 saturated carbocycles. The Morgan fingerprint density at radius 3 is 2.10 bits per heavy atom. The summed E-state index contributed by atoms with van der Waals surface area (Å²) >= 11 is 0. The maximum absolute atomic E-state index is 13.2. The second-order valence-corrected chi connectivity index (χ2v) is 11.7. The number of piperidine rings is 1. The molecule has 29 heavy (non-hydrogen) atoms. The molecule has 0 bridgehead atoms. The molecule has 2 aliphatic heterocycles. The summed E-state index contributed by atoms with van der Waals surface area (Å²) in [6, 6.07) is 11.4. The lowest BCUT2D eigenvalue weighted by Crippen LogP contribution is -2.36. The van der Waals surface area contributed by atoms with Crippen LogP contribution in [0.2, 0.25) is 0 Å². The summed E-state index contributed by atoms with van der Waals surface area (Å²) in [5, 5.41) is 0. The minimum Gasteiger partial charge on any atom is -0.263 e. The van der Waals surface area contributed by atoms with E-state index in [-0.39, 0.29) is 15.8 Å². The molecule has 6 nitrogen and oxygen atoms in total. The summed E-state index contributed by atoms with van der Waals surface area (Å²) in [7, 11) is -7.26. The third-order valence-corrected chi connectivity index (χ3v) is 9.57. The van der Waals surface area contributed by atoms with Crippen molar-refractivity contribution in [1.82, 2.24) is 4.31 Å². The van der Waals surface area contributed by atoms with Gasteiger partial charge in [0, 0.05) is 19.1 Å². The van der Waals surface area contributed by atoms with Crippen molar-refractivity contribution in [1.29, 1.82) is 0 Å². The van der Waals surface area contributed by atoms with E-state index in [0.717, 1.165) is 30.4 Å². The van der Waals surface area contributed by atoms with Crippen LogP contribution < -0.4 is 4.31 Å². The van der Waals surface area contributed by atoms with E-state index in [0.29, 0.717) is 25.2 Å². The highest BCUT2D eigenvalue weighted by molar-refractivity contribution is 7.93. The molecule has 2 aliphatic rings. The molecule has 0 unspecified atom stereocenters. The second kappa shape index (κ2) is 7.41. The standard InChI is InChI=1S/C21H26N2O4S2/c1-16-6-8-19(9-7-16)29(26,27)23-17(2)14-18-15-20(10-11-21(18)23)28(24,25)22-12-4-3-5-13-22/h6-11,15,17H,3-5,12-14H2,1-2H3/t17-/m1/s1. The number of fused-ring (bicyclic) bond motifs is 1. The number of anilines is 1. The fourth-order valence-electron chi connectivity index (χ4n) is 4.18. The zero-order valence-corrected chi connectivity index (χ0v) is 18.3. The van der Waals surface area contributed by atoms with Crippen molar-refractivity contribution in [2.24, 2.45) is 0 Å². The molecule has 1 saturated heterocycles. The van der Waals surface area contributed by atoms with E-state index in [4.69, 9.17) is 0 Å². The Labute approximate surface area is 173 Å². The summed E-state index contributed by atoms with van der Waals surface area (Å²) in [4.78, 5) is 0.493. The minimum absolute atomic E-state index is 0.243. The highest BCUT2D eigenvalue weighted by Gasteiger charge is 2.37. The largest absolute Gasteiger partial charge is 0.264 e. The van der Waals surface area contributed by atoms with Crippen LogP contribution in [-0.4, -0.2) is 40.3 Å². The molecular formula is C21H26N2O4S2. The third-order valence-electron chi connectivity index (χ3n) is 5.73. The lowest BCUT2D eigenvalue weighted by molar-refractivity contribution is 0.346. The Morgan fingerprint density at radius 2 is 1.45 bits per heavy atom. The van der Waals surface area contributed by atoms with Gasteiger partial charge in [0.05, 0.1) is 15.5 Å². The molecule has 4 rings (SSSR count). The van der Waals surface area contributed by atoms with Gasteiger partial charge in [0.15, 0.2) is 0 Å². The lowest BCUT2D eigenvalue weighted by atomic mass is 10.1. The molecule has 0 aromatic heterocycles. The van der Waals surface area contributed by atoms with Gasteiger partial charge in [-0.15, -0.1) is 0 Å². The van der Waals surface area contributed by atoms with E-state index in [2.05, 4.69) is 0 Å². The van der Waals surface area contributed by atoms with Gasteiger partial charge in [0.25, 0.3) is 10.0 Å². The molecule has 2 aromatic rings. The molecule has 0 radical (unpaired) electrons. The smallest absolute Gasteiger partial charge is 0.263 e. The van der Waals surface area contributed by atoms with Crippen molar-refractivity contribution >= 4 is 25.7 Å². The maximum atomic E-state index is 13.2. The van der Waals surface area contributed by atoms with Gasteiger partial charge < -0.3 is 0 Å². The SMILES string of the molecule is Cc1ccc(S(=O)(=O)N2c3ccc(S(=O)(=O)N4CCCCC4)cc3C[C@H]2C)cc1. The molecule has 0 N–H and O–H groups in total. The van der Waals surface area contributed by atoms with Crippen molar-refractivity contribution in [3.63, 3.8) is 0 Å². The topological polar surface area (TPSA) is 74.8 Å². The second-order valence-electron chi connectivity index (χ2n) is 7.92. The molecule has 1 fully saturated rings. The summed E-state index contributed by atoms with van der Waals surface area (Å²) in [5.74, 6) is 0. The zero-order chi connectivity index (χ0) is 20.8. The number of benzene rings is 2. The monoisotopic (exact) mass is 434 g/mol. The molecule has 8 heteroatoms. The quantitative estimate of drug-likeness (QED) is 0.740. The number of sulfonamides is 2. The van der Waals surface area contributed by atoms with E-state index in [1.54, 1.807) is 42.5 Å². The van der Waals surface area contributed by atoms with Crippen molar-refractivity contribution in [2.45, 2.75) is 55.4 Å². The Bertz CT molecular complexity index is 1120. The van der Waals surface area contributed by atoms with Crippen LogP contribution in [0, 0.1) is 6.92 Å². The van der Waals surface area contributed by atoms with Crippen molar-refractivity contribution < 1.29 is 16.8 Å². The maximum Gasteiger partial charge on any atom is 0.264 e. The van der Waals surface area contributed by atoms with E-state index in [1.165, 1.54) is 8.61 Å². The van der Waals surface area contributed by atoms with Gasteiger partial charge in [0.1, 0.15) is 0 Å². The van der Waals surface area contributed by atoms with Crippen molar-refractivity contribution in [3.05, 3.63) is 53.6 Å². The molecule has 0 aliphatic carbocycles. The Kier molecular flexibility index (Phi) is 5.21. The molecule has 2 heterocycles. The molecular weight excluding hydrogens is 408 g/mol. The first-order valence-corrected chi connectivity index (χ1v) is 12.8. The average Bonchev–Trinajstić information content (AvgIpc) is 3.04. The summed E-state index contributed by atoms with van der Waals surface area (Å²) in [6.45, 7) is 4.85. The van der Waals surface area contributed by atoms with Gasteiger partial charge in [0.2, 0.25) is 10.0 Å². The van der Waals surface area contributed by atoms with Gasteiger partial charge in [-0.2, -0.15) is 4.31 Å².